The summed E-state index contributed by atoms with van der Waals surface area (Å²) >= 11 is 0. The van der Waals surface area contributed by atoms with Crippen LogP contribution in [0.1, 0.15) is 96.8 Å². The Morgan fingerprint density at radius 1 is 0.556 bits per heavy atom. The molecule has 0 aromatic heterocycles. The quantitative estimate of drug-likeness (QED) is 0.196. The van der Waals surface area contributed by atoms with Gasteiger partial charge in [-0.15, -0.1) is 0 Å². The van der Waals surface area contributed by atoms with Crippen molar-refractivity contribution in [2.45, 2.75) is 96.8 Å². The molecule has 3 nitrogen and oxygen atoms in total. The van der Waals surface area contributed by atoms with E-state index in [1.54, 1.807) is 0 Å². The molecule has 0 rings (SSSR count). The molecule has 0 spiro atoms. The monoisotopic (exact) mass is 379 g/mol. The summed E-state index contributed by atoms with van der Waals surface area (Å²) < 4.78 is 0. The Morgan fingerprint density at radius 3 is 1.59 bits per heavy atom. The fourth-order valence-corrected chi connectivity index (χ4v) is 3.29. The number of nitrogens with two attached hydrogens (primary N) is 2. The highest BCUT2D eigenvalue weighted by Gasteiger charge is 2.03. The molecule has 0 aliphatic rings. The molecule has 27 heavy (non-hydrogen) atoms. The van der Waals surface area contributed by atoms with Crippen molar-refractivity contribution in [1.82, 2.24) is 4.90 Å². The Kier molecular flexibility index (Phi) is 22.8. The molecule has 0 aromatic carbocycles. The molecule has 0 aliphatic heterocycles. The van der Waals surface area contributed by atoms with E-state index in [2.05, 4.69) is 36.1 Å². The van der Waals surface area contributed by atoms with Crippen LogP contribution in [-0.2, 0) is 0 Å². The van der Waals surface area contributed by atoms with Gasteiger partial charge >= 0.3 is 0 Å². The minimum atomic E-state index is 0.794. The SMILES string of the molecule is CCCCCC=CCC=CCCCCCCCCN(CCCN)CCCN. The van der Waals surface area contributed by atoms with Gasteiger partial charge in [0.05, 0.1) is 0 Å². The predicted octanol–water partition coefficient (Wildman–Crippen LogP) is 5.80. The van der Waals surface area contributed by atoms with Crippen molar-refractivity contribution in [3.63, 3.8) is 0 Å². The number of hydrogen-bond donors (Lipinski definition) is 2. The Hall–Kier alpha value is -0.640. The molecular weight excluding hydrogens is 330 g/mol. The summed E-state index contributed by atoms with van der Waals surface area (Å²) in [5.74, 6) is 0. The maximum atomic E-state index is 5.64. The van der Waals surface area contributed by atoms with Crippen molar-refractivity contribution in [3.05, 3.63) is 24.3 Å². The fraction of sp³-hybridized carbons (Fsp3) is 0.833. The number of nitrogens with zero attached hydrogens (tertiary/aromatic N) is 1. The smallest absolute Gasteiger partial charge is 0.000671 e. The second kappa shape index (κ2) is 23.4. The molecule has 0 aromatic rings. The van der Waals surface area contributed by atoms with Crippen LogP contribution in [0.2, 0.25) is 0 Å². The van der Waals surface area contributed by atoms with Crippen molar-refractivity contribution in [1.29, 1.82) is 0 Å². The van der Waals surface area contributed by atoms with Crippen LogP contribution in [-0.4, -0.2) is 37.6 Å². The maximum Gasteiger partial charge on any atom is -0.000671 e. The van der Waals surface area contributed by atoms with Gasteiger partial charge in [-0.25, -0.2) is 0 Å². The molecule has 3 heteroatoms. The van der Waals surface area contributed by atoms with E-state index >= 15 is 0 Å². The van der Waals surface area contributed by atoms with Crippen LogP contribution in [0.4, 0.5) is 0 Å². The normalized spacial score (nSPS) is 12.1. The van der Waals surface area contributed by atoms with Gasteiger partial charge in [0.15, 0.2) is 0 Å². The highest BCUT2D eigenvalue weighted by Crippen LogP contribution is 2.09. The van der Waals surface area contributed by atoms with Crippen molar-refractivity contribution >= 4 is 0 Å². The number of hydrogen-bond acceptors (Lipinski definition) is 3. The lowest BCUT2D eigenvalue weighted by molar-refractivity contribution is 0.263. The summed E-state index contributed by atoms with van der Waals surface area (Å²) in [5.41, 5.74) is 11.3. The van der Waals surface area contributed by atoms with E-state index in [4.69, 9.17) is 11.5 Å². The van der Waals surface area contributed by atoms with Gasteiger partial charge in [0, 0.05) is 0 Å². The highest BCUT2D eigenvalue weighted by atomic mass is 15.1. The number of allylic oxidation sites excluding steroid dienone is 4. The first-order valence-corrected chi connectivity index (χ1v) is 11.8. The second-order valence-corrected chi connectivity index (χ2v) is 7.71. The third-order valence-corrected chi connectivity index (χ3v) is 5.03. The zero-order valence-electron chi connectivity index (χ0n) is 18.3. The predicted molar refractivity (Wildman–Crippen MR) is 123 cm³/mol. The Balaban J connectivity index is 3.41. The minimum Gasteiger partial charge on any atom is -0.330 e. The topological polar surface area (TPSA) is 55.3 Å². The molecule has 0 saturated heterocycles. The number of unbranched alkanes of at least 4 members (excludes halogenated alkanes) is 9. The van der Waals surface area contributed by atoms with Crippen molar-refractivity contribution in [3.8, 4) is 0 Å². The van der Waals surface area contributed by atoms with E-state index in [9.17, 15) is 0 Å². The van der Waals surface area contributed by atoms with E-state index in [0.717, 1.165) is 45.4 Å². The lowest BCUT2D eigenvalue weighted by atomic mass is 10.1. The molecule has 0 fully saturated rings. The molecule has 160 valence electrons. The molecule has 0 aliphatic carbocycles. The van der Waals surface area contributed by atoms with Gasteiger partial charge in [0.2, 0.25) is 0 Å². The Labute approximate surface area is 170 Å². The second-order valence-electron chi connectivity index (χ2n) is 7.71. The van der Waals surface area contributed by atoms with Crippen molar-refractivity contribution in [2.75, 3.05) is 32.7 Å². The Bertz CT molecular complexity index is 318. The molecule has 0 saturated carbocycles. The number of rotatable bonds is 21. The van der Waals surface area contributed by atoms with Gasteiger partial charge in [0.25, 0.3) is 0 Å². The minimum absolute atomic E-state index is 0.794. The summed E-state index contributed by atoms with van der Waals surface area (Å²) in [6.07, 6.45) is 27.3. The average molecular weight is 380 g/mol. The van der Waals surface area contributed by atoms with Gasteiger partial charge in [0.1, 0.15) is 0 Å². The molecule has 0 atom stereocenters. The largest absolute Gasteiger partial charge is 0.330 e. The molecule has 0 radical (unpaired) electrons. The molecule has 0 heterocycles. The van der Waals surface area contributed by atoms with Crippen LogP contribution in [0.25, 0.3) is 0 Å². The first-order valence-electron chi connectivity index (χ1n) is 11.8. The van der Waals surface area contributed by atoms with Crippen molar-refractivity contribution in [2.24, 2.45) is 11.5 Å². The summed E-state index contributed by atoms with van der Waals surface area (Å²) in [5, 5.41) is 0. The first kappa shape index (κ1) is 26.4. The molecule has 0 amide bonds. The van der Waals surface area contributed by atoms with Gasteiger partial charge in [-0.3, -0.25) is 0 Å². The highest BCUT2D eigenvalue weighted by molar-refractivity contribution is 4.92. The maximum absolute atomic E-state index is 5.64. The van der Waals surface area contributed by atoms with E-state index in [-0.39, 0.29) is 0 Å². The summed E-state index contributed by atoms with van der Waals surface area (Å²) in [7, 11) is 0. The van der Waals surface area contributed by atoms with Crippen LogP contribution in [0.3, 0.4) is 0 Å². The van der Waals surface area contributed by atoms with Gasteiger partial charge in [-0.1, -0.05) is 69.8 Å². The zero-order chi connectivity index (χ0) is 19.8. The lowest BCUT2D eigenvalue weighted by Crippen LogP contribution is -2.29. The third-order valence-electron chi connectivity index (χ3n) is 5.03. The fourth-order valence-electron chi connectivity index (χ4n) is 3.29. The Morgan fingerprint density at radius 2 is 1.04 bits per heavy atom. The van der Waals surface area contributed by atoms with Gasteiger partial charge in [-0.05, 0) is 84.1 Å². The molecular formula is C24H49N3. The van der Waals surface area contributed by atoms with E-state index in [1.807, 2.05) is 0 Å². The van der Waals surface area contributed by atoms with Crippen LogP contribution in [0.15, 0.2) is 24.3 Å². The molecule has 0 unspecified atom stereocenters. The van der Waals surface area contributed by atoms with Crippen LogP contribution >= 0.6 is 0 Å². The molecule has 4 N–H and O–H groups in total. The third kappa shape index (κ3) is 21.5. The van der Waals surface area contributed by atoms with Crippen LogP contribution in [0, 0.1) is 0 Å². The zero-order valence-corrected chi connectivity index (χ0v) is 18.3. The standard InChI is InChI=1S/C24H49N3/c1-2-3-4-5-6-7-8-9-10-11-12-13-14-15-16-17-22-27(23-18-20-25)24-19-21-26/h6-7,9-10H,2-5,8,11-26H2,1H3. The van der Waals surface area contributed by atoms with E-state index in [1.165, 1.54) is 77.2 Å². The van der Waals surface area contributed by atoms with Crippen LogP contribution < -0.4 is 11.5 Å². The van der Waals surface area contributed by atoms with Crippen LogP contribution in [0.5, 0.6) is 0 Å². The summed E-state index contributed by atoms with van der Waals surface area (Å²) in [6.45, 7) is 7.34. The van der Waals surface area contributed by atoms with Gasteiger partial charge in [-0.2, -0.15) is 0 Å². The first-order chi connectivity index (χ1) is 13.3. The summed E-state index contributed by atoms with van der Waals surface area (Å²) in [6, 6.07) is 0. The van der Waals surface area contributed by atoms with E-state index < -0.39 is 0 Å². The van der Waals surface area contributed by atoms with Crippen molar-refractivity contribution < 1.29 is 0 Å². The lowest BCUT2D eigenvalue weighted by Gasteiger charge is -2.21. The average Bonchev–Trinajstić information content (AvgIpc) is 2.69. The molecule has 0 bridgehead atoms. The van der Waals surface area contributed by atoms with Gasteiger partial charge < -0.3 is 16.4 Å². The van der Waals surface area contributed by atoms with E-state index in [0.29, 0.717) is 0 Å². The summed E-state index contributed by atoms with van der Waals surface area (Å²) in [4.78, 5) is 2.54.